The van der Waals surface area contributed by atoms with E-state index in [1.165, 1.54) is 12.0 Å². The van der Waals surface area contributed by atoms with E-state index in [1.54, 1.807) is 25.2 Å². The predicted octanol–water partition coefficient (Wildman–Crippen LogP) is 1.74. The van der Waals surface area contributed by atoms with Gasteiger partial charge in [-0.3, -0.25) is 4.79 Å². The van der Waals surface area contributed by atoms with E-state index in [9.17, 15) is 13.2 Å². The number of rotatable bonds is 5. The van der Waals surface area contributed by atoms with Gasteiger partial charge < -0.3 is 14.4 Å². The zero-order chi connectivity index (χ0) is 17.2. The fourth-order valence-electron chi connectivity index (χ4n) is 2.60. The smallest absolute Gasteiger partial charge is 0.254 e. The van der Waals surface area contributed by atoms with Crippen molar-refractivity contribution >= 4 is 15.7 Å². The third-order valence-electron chi connectivity index (χ3n) is 3.85. The number of nitrogens with zero attached hydrogens (tertiary/aromatic N) is 1. The number of hydrogen-bond acceptors (Lipinski definition) is 5. The third kappa shape index (κ3) is 4.16. The first-order chi connectivity index (χ1) is 10.7. The van der Waals surface area contributed by atoms with Crippen LogP contribution in [0, 0.1) is 0 Å². The molecular formula is C16H23NO5S. The molecule has 0 aliphatic carbocycles. The average molecular weight is 341 g/mol. The van der Waals surface area contributed by atoms with Crippen LogP contribution in [0.5, 0.6) is 11.5 Å². The summed E-state index contributed by atoms with van der Waals surface area (Å²) in [6.45, 7) is 3.82. The van der Waals surface area contributed by atoms with Crippen LogP contribution < -0.4 is 9.47 Å². The van der Waals surface area contributed by atoms with Crippen LogP contribution in [0.1, 0.15) is 30.6 Å². The Kier molecular flexibility index (Phi) is 5.19. The number of benzene rings is 1. The van der Waals surface area contributed by atoms with E-state index in [-0.39, 0.29) is 29.6 Å². The molecule has 1 aromatic rings. The van der Waals surface area contributed by atoms with Gasteiger partial charge in [-0.1, -0.05) is 0 Å². The predicted molar refractivity (Wildman–Crippen MR) is 87.9 cm³/mol. The Morgan fingerprint density at radius 3 is 2.52 bits per heavy atom. The average Bonchev–Trinajstić information content (AvgIpc) is 2.85. The van der Waals surface area contributed by atoms with Crippen molar-refractivity contribution in [2.24, 2.45) is 0 Å². The van der Waals surface area contributed by atoms with Gasteiger partial charge in [-0.25, -0.2) is 8.42 Å². The molecular weight excluding hydrogens is 318 g/mol. The molecule has 2 rings (SSSR count). The van der Waals surface area contributed by atoms with E-state index in [0.29, 0.717) is 23.5 Å². The summed E-state index contributed by atoms with van der Waals surface area (Å²) in [5.74, 6) is 1.00. The molecule has 1 aliphatic rings. The Morgan fingerprint density at radius 2 is 2.00 bits per heavy atom. The molecule has 1 fully saturated rings. The van der Waals surface area contributed by atoms with Gasteiger partial charge in [0.2, 0.25) is 0 Å². The second-order valence-corrected chi connectivity index (χ2v) is 8.23. The molecule has 0 spiro atoms. The van der Waals surface area contributed by atoms with Crippen LogP contribution in [-0.4, -0.2) is 57.0 Å². The molecule has 6 nitrogen and oxygen atoms in total. The van der Waals surface area contributed by atoms with Gasteiger partial charge in [-0.05, 0) is 38.5 Å². The first-order valence-corrected chi connectivity index (χ1v) is 9.38. The number of hydrogen-bond donors (Lipinski definition) is 0. The monoisotopic (exact) mass is 341 g/mol. The first kappa shape index (κ1) is 17.6. The molecule has 7 heteroatoms. The van der Waals surface area contributed by atoms with Crippen molar-refractivity contribution in [1.82, 2.24) is 4.90 Å². The molecule has 1 amide bonds. The van der Waals surface area contributed by atoms with Gasteiger partial charge in [0.1, 0.15) is 0 Å². The molecule has 1 aromatic carbocycles. The van der Waals surface area contributed by atoms with E-state index in [1.807, 2.05) is 13.8 Å². The molecule has 0 saturated carbocycles. The van der Waals surface area contributed by atoms with Crippen molar-refractivity contribution in [3.63, 3.8) is 0 Å². The van der Waals surface area contributed by atoms with Crippen LogP contribution in [0.2, 0.25) is 0 Å². The van der Waals surface area contributed by atoms with Crippen LogP contribution in [0.3, 0.4) is 0 Å². The van der Waals surface area contributed by atoms with Crippen LogP contribution in [0.25, 0.3) is 0 Å². The number of sulfone groups is 1. The zero-order valence-corrected chi connectivity index (χ0v) is 14.7. The molecule has 1 aliphatic heterocycles. The molecule has 0 bridgehead atoms. The number of ether oxygens (including phenoxy) is 2. The Bertz CT molecular complexity index is 684. The van der Waals surface area contributed by atoms with Crippen molar-refractivity contribution < 1.29 is 22.7 Å². The summed E-state index contributed by atoms with van der Waals surface area (Å²) in [4.78, 5) is 14.1. The summed E-state index contributed by atoms with van der Waals surface area (Å²) in [6, 6.07) is 4.72. The van der Waals surface area contributed by atoms with E-state index in [0.717, 1.165) is 0 Å². The van der Waals surface area contributed by atoms with Crippen molar-refractivity contribution in [3.8, 4) is 11.5 Å². The standard InChI is InChI=1S/C16H23NO5S/c1-11(2)22-14-6-5-12(9-15(14)21-4)16(18)17(3)13-7-8-23(19,20)10-13/h5-6,9,11,13H,7-8,10H2,1-4H3. The lowest BCUT2D eigenvalue weighted by molar-refractivity contribution is 0.0747. The first-order valence-electron chi connectivity index (χ1n) is 7.56. The lowest BCUT2D eigenvalue weighted by atomic mass is 10.1. The summed E-state index contributed by atoms with van der Waals surface area (Å²) < 4.78 is 34.1. The number of carbonyl (C=O) groups excluding carboxylic acids is 1. The summed E-state index contributed by atoms with van der Waals surface area (Å²) in [5.41, 5.74) is 0.449. The highest BCUT2D eigenvalue weighted by Gasteiger charge is 2.33. The van der Waals surface area contributed by atoms with Crippen LogP contribution in [0.15, 0.2) is 18.2 Å². The van der Waals surface area contributed by atoms with Crippen molar-refractivity contribution in [2.45, 2.75) is 32.4 Å². The fourth-order valence-corrected chi connectivity index (χ4v) is 4.38. The molecule has 23 heavy (non-hydrogen) atoms. The SMILES string of the molecule is COc1cc(C(=O)N(C)C2CCS(=O)(=O)C2)ccc1OC(C)C. The fraction of sp³-hybridized carbons (Fsp3) is 0.562. The van der Waals surface area contributed by atoms with Crippen molar-refractivity contribution in [3.05, 3.63) is 23.8 Å². The minimum absolute atomic E-state index is 0.00294. The largest absolute Gasteiger partial charge is 0.493 e. The van der Waals surface area contributed by atoms with Crippen molar-refractivity contribution in [2.75, 3.05) is 25.7 Å². The highest BCUT2D eigenvalue weighted by molar-refractivity contribution is 7.91. The van der Waals surface area contributed by atoms with Gasteiger partial charge in [0, 0.05) is 18.7 Å². The third-order valence-corrected chi connectivity index (χ3v) is 5.60. The second-order valence-electron chi connectivity index (χ2n) is 6.01. The minimum Gasteiger partial charge on any atom is -0.493 e. The van der Waals surface area contributed by atoms with Gasteiger partial charge in [0.05, 0.1) is 24.7 Å². The topological polar surface area (TPSA) is 72.9 Å². The number of carbonyl (C=O) groups is 1. The maximum atomic E-state index is 12.6. The van der Waals surface area contributed by atoms with Crippen LogP contribution in [-0.2, 0) is 9.84 Å². The Balaban J connectivity index is 2.19. The summed E-state index contributed by atoms with van der Waals surface area (Å²) in [5, 5.41) is 0. The molecule has 0 N–H and O–H groups in total. The molecule has 1 unspecified atom stereocenters. The van der Waals surface area contributed by atoms with Gasteiger partial charge in [-0.15, -0.1) is 0 Å². The van der Waals surface area contributed by atoms with E-state index in [2.05, 4.69) is 0 Å². The summed E-state index contributed by atoms with van der Waals surface area (Å²) in [7, 11) is 0.128. The maximum absolute atomic E-state index is 12.6. The van der Waals surface area contributed by atoms with E-state index in [4.69, 9.17) is 9.47 Å². The molecule has 1 heterocycles. The molecule has 0 radical (unpaired) electrons. The number of methoxy groups -OCH3 is 1. The summed E-state index contributed by atoms with van der Waals surface area (Å²) in [6.07, 6.45) is 0.479. The van der Waals surface area contributed by atoms with E-state index >= 15 is 0 Å². The molecule has 1 saturated heterocycles. The minimum atomic E-state index is -3.03. The quantitative estimate of drug-likeness (QED) is 0.816. The molecule has 0 aromatic heterocycles. The van der Waals surface area contributed by atoms with Crippen LogP contribution in [0.4, 0.5) is 0 Å². The van der Waals surface area contributed by atoms with Gasteiger partial charge in [0.25, 0.3) is 5.91 Å². The summed E-state index contributed by atoms with van der Waals surface area (Å²) >= 11 is 0. The highest BCUT2D eigenvalue weighted by Crippen LogP contribution is 2.30. The lowest BCUT2D eigenvalue weighted by Gasteiger charge is -2.24. The Labute approximate surface area is 137 Å². The second kappa shape index (κ2) is 6.78. The zero-order valence-electron chi connectivity index (χ0n) is 13.9. The van der Waals surface area contributed by atoms with Gasteiger partial charge >= 0.3 is 0 Å². The van der Waals surface area contributed by atoms with Crippen LogP contribution >= 0.6 is 0 Å². The Morgan fingerprint density at radius 1 is 1.30 bits per heavy atom. The van der Waals surface area contributed by atoms with Crippen molar-refractivity contribution in [1.29, 1.82) is 0 Å². The molecule has 128 valence electrons. The maximum Gasteiger partial charge on any atom is 0.254 e. The number of amides is 1. The highest BCUT2D eigenvalue weighted by atomic mass is 32.2. The Hall–Kier alpha value is -1.76. The van der Waals surface area contributed by atoms with E-state index < -0.39 is 9.84 Å². The van der Waals surface area contributed by atoms with Gasteiger partial charge in [0.15, 0.2) is 21.3 Å². The normalized spacial score (nSPS) is 19.6. The van der Waals surface area contributed by atoms with Gasteiger partial charge in [-0.2, -0.15) is 0 Å². The molecule has 1 atom stereocenters. The lowest BCUT2D eigenvalue weighted by Crippen LogP contribution is -2.37.